The van der Waals surface area contributed by atoms with Gasteiger partial charge < -0.3 is 14.8 Å². The molecule has 128 valence electrons. The Labute approximate surface area is 136 Å². The lowest BCUT2D eigenvalue weighted by atomic mass is 10.2. The molecule has 0 aliphatic carbocycles. The Hall–Kier alpha value is -1.96. The Morgan fingerprint density at radius 2 is 1.96 bits per heavy atom. The van der Waals surface area contributed by atoms with E-state index in [1.54, 1.807) is 18.2 Å². The number of hydrogen-bond donors (Lipinski definition) is 1. The predicted octanol–water partition coefficient (Wildman–Crippen LogP) is 1.14. The molecular weight excluding hydrogens is 320 g/mol. The number of hydrogen-bond acceptors (Lipinski definition) is 5. The summed E-state index contributed by atoms with van der Waals surface area (Å²) in [5.41, 5.74) is 0.371. The molecule has 0 fully saturated rings. The van der Waals surface area contributed by atoms with Crippen molar-refractivity contribution in [3.63, 3.8) is 0 Å². The first-order chi connectivity index (χ1) is 10.8. The highest BCUT2D eigenvalue weighted by atomic mass is 32.2. The minimum Gasteiger partial charge on any atom is -0.486 e. The number of benzene rings is 1. The largest absolute Gasteiger partial charge is 0.486 e. The Morgan fingerprint density at radius 3 is 2.57 bits per heavy atom. The number of fused-ring (bicyclic) bond motifs is 1. The van der Waals surface area contributed by atoms with Crippen LogP contribution in [0.15, 0.2) is 18.2 Å². The Kier molecular flexibility index (Phi) is 5.35. The van der Waals surface area contributed by atoms with Gasteiger partial charge in [0.15, 0.2) is 11.5 Å². The maximum Gasteiger partial charge on any atom is 0.240 e. The topological polar surface area (TPSA) is 84.9 Å². The molecule has 0 aromatic heterocycles. The average Bonchev–Trinajstić information content (AvgIpc) is 2.51. The van der Waals surface area contributed by atoms with Crippen LogP contribution in [-0.2, 0) is 14.8 Å². The number of ether oxygens (including phenoxy) is 2. The number of carbonyl (C=O) groups is 1. The van der Waals surface area contributed by atoms with E-state index in [-0.39, 0.29) is 18.5 Å². The molecule has 1 aliphatic rings. The second-order valence-electron chi connectivity index (χ2n) is 5.47. The number of anilines is 1. The third-order valence-electron chi connectivity index (χ3n) is 3.52. The maximum absolute atomic E-state index is 12.1. The van der Waals surface area contributed by atoms with Crippen molar-refractivity contribution >= 4 is 21.6 Å². The van der Waals surface area contributed by atoms with Gasteiger partial charge in [0.25, 0.3) is 0 Å². The standard InChI is InChI=1S/C15H22N2O5S/c1-4-11(2)16-15(18)10-17(23(3,19)20)12-5-6-13-14(9-12)22-8-7-21-13/h5-6,9,11H,4,7-8,10H2,1-3H3,(H,16,18). The average molecular weight is 342 g/mol. The summed E-state index contributed by atoms with van der Waals surface area (Å²) in [6.07, 6.45) is 1.84. The van der Waals surface area contributed by atoms with Gasteiger partial charge in [0.05, 0.1) is 11.9 Å². The molecule has 2 rings (SSSR count). The molecule has 1 amide bonds. The van der Waals surface area contributed by atoms with Gasteiger partial charge in [0.1, 0.15) is 19.8 Å². The Balaban J connectivity index is 2.24. The van der Waals surface area contributed by atoms with E-state index in [2.05, 4.69) is 5.32 Å². The molecule has 0 spiro atoms. The van der Waals surface area contributed by atoms with Gasteiger partial charge in [-0.05, 0) is 25.5 Å². The smallest absolute Gasteiger partial charge is 0.240 e. The summed E-state index contributed by atoms with van der Waals surface area (Å²) in [7, 11) is -3.61. The Bertz CT molecular complexity index is 674. The van der Waals surface area contributed by atoms with Crippen LogP contribution in [0.3, 0.4) is 0 Å². The van der Waals surface area contributed by atoms with E-state index in [1.807, 2.05) is 13.8 Å². The predicted molar refractivity (Wildman–Crippen MR) is 87.5 cm³/mol. The summed E-state index contributed by atoms with van der Waals surface area (Å²) in [6, 6.07) is 4.82. The van der Waals surface area contributed by atoms with Crippen molar-refractivity contribution in [1.82, 2.24) is 5.32 Å². The third kappa shape index (κ3) is 4.51. The SMILES string of the molecule is CCC(C)NC(=O)CN(c1ccc2c(c1)OCCO2)S(C)(=O)=O. The first-order valence-electron chi connectivity index (χ1n) is 7.48. The lowest BCUT2D eigenvalue weighted by Gasteiger charge is -2.25. The highest BCUT2D eigenvalue weighted by Gasteiger charge is 2.23. The van der Waals surface area contributed by atoms with E-state index in [1.165, 1.54) is 0 Å². The zero-order chi connectivity index (χ0) is 17.0. The van der Waals surface area contributed by atoms with Crippen LogP contribution in [0.5, 0.6) is 11.5 Å². The minimum atomic E-state index is -3.61. The summed E-state index contributed by atoms with van der Waals surface area (Å²) in [5, 5.41) is 2.76. The number of nitrogens with zero attached hydrogens (tertiary/aromatic N) is 1. The van der Waals surface area contributed by atoms with Crippen molar-refractivity contribution in [1.29, 1.82) is 0 Å². The van der Waals surface area contributed by atoms with Gasteiger partial charge in [-0.2, -0.15) is 0 Å². The first-order valence-corrected chi connectivity index (χ1v) is 9.32. The summed E-state index contributed by atoms with van der Waals surface area (Å²) < 4.78 is 36.1. The molecule has 1 unspecified atom stereocenters. The lowest BCUT2D eigenvalue weighted by Crippen LogP contribution is -2.43. The van der Waals surface area contributed by atoms with Crippen LogP contribution in [0.25, 0.3) is 0 Å². The Morgan fingerprint density at radius 1 is 1.30 bits per heavy atom. The van der Waals surface area contributed by atoms with Crippen LogP contribution in [0.4, 0.5) is 5.69 Å². The van der Waals surface area contributed by atoms with E-state index in [0.717, 1.165) is 17.0 Å². The van der Waals surface area contributed by atoms with E-state index in [0.29, 0.717) is 30.4 Å². The van der Waals surface area contributed by atoms with Crippen molar-refractivity contribution in [3.8, 4) is 11.5 Å². The number of carbonyl (C=O) groups excluding carboxylic acids is 1. The van der Waals surface area contributed by atoms with Gasteiger partial charge in [-0.25, -0.2) is 8.42 Å². The second kappa shape index (κ2) is 7.08. The van der Waals surface area contributed by atoms with Gasteiger partial charge in [-0.1, -0.05) is 6.92 Å². The second-order valence-corrected chi connectivity index (χ2v) is 7.38. The van der Waals surface area contributed by atoms with Crippen molar-refractivity contribution in [2.24, 2.45) is 0 Å². The molecule has 1 aliphatic heterocycles. The van der Waals surface area contributed by atoms with Crippen LogP contribution in [-0.4, -0.2) is 46.4 Å². The number of amides is 1. The molecule has 1 heterocycles. The van der Waals surface area contributed by atoms with Gasteiger partial charge in [-0.15, -0.1) is 0 Å². The fourth-order valence-electron chi connectivity index (χ4n) is 2.14. The van der Waals surface area contributed by atoms with Crippen molar-refractivity contribution in [3.05, 3.63) is 18.2 Å². The van der Waals surface area contributed by atoms with Gasteiger partial charge >= 0.3 is 0 Å². The normalized spacial score (nSPS) is 14.9. The number of rotatable bonds is 6. The van der Waals surface area contributed by atoms with E-state index in [4.69, 9.17) is 9.47 Å². The van der Waals surface area contributed by atoms with Crippen LogP contribution in [0.2, 0.25) is 0 Å². The van der Waals surface area contributed by atoms with Gasteiger partial charge in [0, 0.05) is 12.1 Å². The molecule has 7 nitrogen and oxygen atoms in total. The number of sulfonamides is 1. The zero-order valence-corrected chi connectivity index (χ0v) is 14.4. The molecule has 0 bridgehead atoms. The van der Waals surface area contributed by atoms with Crippen molar-refractivity contribution in [2.75, 3.05) is 30.3 Å². The summed E-state index contributed by atoms with van der Waals surface area (Å²) >= 11 is 0. The van der Waals surface area contributed by atoms with Crippen molar-refractivity contribution < 1.29 is 22.7 Å². The quantitative estimate of drug-likeness (QED) is 0.838. The summed E-state index contributed by atoms with van der Waals surface area (Å²) in [5.74, 6) is 0.696. The van der Waals surface area contributed by atoms with Crippen LogP contribution in [0.1, 0.15) is 20.3 Å². The highest BCUT2D eigenvalue weighted by molar-refractivity contribution is 7.92. The fourth-order valence-corrected chi connectivity index (χ4v) is 2.99. The van der Waals surface area contributed by atoms with Crippen molar-refractivity contribution in [2.45, 2.75) is 26.3 Å². The van der Waals surface area contributed by atoms with E-state index >= 15 is 0 Å². The monoisotopic (exact) mass is 342 g/mol. The minimum absolute atomic E-state index is 0.0100. The molecule has 0 saturated heterocycles. The van der Waals surface area contributed by atoms with Gasteiger partial charge in [-0.3, -0.25) is 9.10 Å². The molecule has 1 aromatic rings. The number of nitrogens with one attached hydrogen (secondary N) is 1. The van der Waals surface area contributed by atoms with Crippen LogP contribution in [0, 0.1) is 0 Å². The van der Waals surface area contributed by atoms with Crippen LogP contribution >= 0.6 is 0 Å². The first kappa shape index (κ1) is 17.4. The molecule has 23 heavy (non-hydrogen) atoms. The molecule has 0 saturated carbocycles. The lowest BCUT2D eigenvalue weighted by molar-refractivity contribution is -0.120. The molecular formula is C15H22N2O5S. The fraction of sp³-hybridized carbons (Fsp3) is 0.533. The maximum atomic E-state index is 12.1. The molecule has 1 atom stereocenters. The molecule has 1 aromatic carbocycles. The summed E-state index contributed by atoms with van der Waals surface area (Å²) in [6.45, 7) is 4.40. The highest BCUT2D eigenvalue weighted by Crippen LogP contribution is 2.34. The summed E-state index contributed by atoms with van der Waals surface area (Å²) in [4.78, 5) is 12.1. The molecule has 1 N–H and O–H groups in total. The molecule has 8 heteroatoms. The van der Waals surface area contributed by atoms with E-state index < -0.39 is 10.0 Å². The van der Waals surface area contributed by atoms with E-state index in [9.17, 15) is 13.2 Å². The van der Waals surface area contributed by atoms with Gasteiger partial charge in [0.2, 0.25) is 15.9 Å². The zero-order valence-electron chi connectivity index (χ0n) is 13.5. The van der Waals surface area contributed by atoms with Crippen LogP contribution < -0.4 is 19.1 Å². The molecule has 0 radical (unpaired) electrons. The third-order valence-corrected chi connectivity index (χ3v) is 4.66.